The van der Waals surface area contributed by atoms with Crippen LogP contribution in [0.4, 0.5) is 5.69 Å². The van der Waals surface area contributed by atoms with Gasteiger partial charge in [-0.3, -0.25) is 4.79 Å². The van der Waals surface area contributed by atoms with E-state index in [0.29, 0.717) is 6.04 Å². The highest BCUT2D eigenvalue weighted by Gasteiger charge is 2.29. The molecule has 0 unspecified atom stereocenters. The molecule has 1 N–H and O–H groups in total. The summed E-state index contributed by atoms with van der Waals surface area (Å²) in [5.41, 5.74) is 2.39. The van der Waals surface area contributed by atoms with Crippen LogP contribution in [0.15, 0.2) is 24.3 Å². The van der Waals surface area contributed by atoms with Crippen LogP contribution in [0.3, 0.4) is 0 Å². The minimum Gasteiger partial charge on any atom is -0.310 e. The Hall–Kier alpha value is -1.00. The zero-order valence-corrected chi connectivity index (χ0v) is 12.8. The van der Waals surface area contributed by atoms with Gasteiger partial charge in [0, 0.05) is 24.0 Å². The number of nitrogens with zero attached hydrogens (tertiary/aromatic N) is 1. The van der Waals surface area contributed by atoms with E-state index in [-0.39, 0.29) is 11.9 Å². The first-order valence-corrected chi connectivity index (χ1v) is 8.64. The molecule has 4 heteroatoms. The second-order valence-corrected chi connectivity index (χ2v) is 6.82. The van der Waals surface area contributed by atoms with Crippen LogP contribution in [0.1, 0.15) is 25.3 Å². The summed E-state index contributed by atoms with van der Waals surface area (Å²) in [5.74, 6) is 2.61. The summed E-state index contributed by atoms with van der Waals surface area (Å²) in [5, 5.41) is 3.51. The lowest BCUT2D eigenvalue weighted by molar-refractivity contribution is -0.120. The van der Waals surface area contributed by atoms with Gasteiger partial charge in [0.05, 0.1) is 6.04 Å². The predicted molar refractivity (Wildman–Crippen MR) is 85.4 cm³/mol. The van der Waals surface area contributed by atoms with E-state index < -0.39 is 0 Å². The quantitative estimate of drug-likeness (QED) is 0.928. The lowest BCUT2D eigenvalue weighted by atomic mass is 10.1. The van der Waals surface area contributed by atoms with Crippen molar-refractivity contribution in [2.24, 2.45) is 0 Å². The Balaban J connectivity index is 1.64. The Morgan fingerprint density at radius 1 is 1.45 bits per heavy atom. The largest absolute Gasteiger partial charge is 0.310 e. The normalized spacial score (nSPS) is 23.4. The molecular weight excluding hydrogens is 268 g/mol. The number of carbonyl (C=O) groups excluding carboxylic acids is 1. The first-order chi connectivity index (χ1) is 9.75. The lowest BCUT2D eigenvalue weighted by Gasteiger charge is -2.28. The van der Waals surface area contributed by atoms with Crippen molar-refractivity contribution >= 4 is 23.4 Å². The van der Waals surface area contributed by atoms with Crippen LogP contribution >= 0.6 is 11.8 Å². The van der Waals surface area contributed by atoms with E-state index in [1.54, 1.807) is 0 Å². The fourth-order valence-corrected chi connectivity index (χ4v) is 4.18. The highest BCUT2D eigenvalue weighted by molar-refractivity contribution is 7.99. The van der Waals surface area contributed by atoms with Crippen molar-refractivity contribution < 1.29 is 4.79 Å². The van der Waals surface area contributed by atoms with Gasteiger partial charge in [0.2, 0.25) is 5.91 Å². The summed E-state index contributed by atoms with van der Waals surface area (Å²) < 4.78 is 0. The number of hydrogen-bond donors (Lipinski definition) is 1. The average molecular weight is 290 g/mol. The van der Waals surface area contributed by atoms with Crippen LogP contribution in [0, 0.1) is 0 Å². The van der Waals surface area contributed by atoms with E-state index in [4.69, 9.17) is 0 Å². The number of hydrogen-bond acceptors (Lipinski definition) is 3. The molecule has 108 valence electrons. The van der Waals surface area contributed by atoms with Crippen LogP contribution in [0.5, 0.6) is 0 Å². The number of thioether (sulfide) groups is 1. The van der Waals surface area contributed by atoms with Crippen LogP contribution < -0.4 is 10.2 Å². The molecule has 2 heterocycles. The maximum atomic E-state index is 12.6. The molecule has 1 aromatic rings. The minimum absolute atomic E-state index is 0.0927. The summed E-state index contributed by atoms with van der Waals surface area (Å²) in [6.07, 6.45) is 3.44. The van der Waals surface area contributed by atoms with Crippen molar-refractivity contribution in [3.8, 4) is 0 Å². The van der Waals surface area contributed by atoms with E-state index in [2.05, 4.69) is 17.4 Å². The van der Waals surface area contributed by atoms with Crippen molar-refractivity contribution in [3.63, 3.8) is 0 Å². The van der Waals surface area contributed by atoms with E-state index >= 15 is 0 Å². The number of benzene rings is 1. The van der Waals surface area contributed by atoms with Crippen LogP contribution in [0.2, 0.25) is 0 Å². The molecule has 0 saturated carbocycles. The van der Waals surface area contributed by atoms with Crippen molar-refractivity contribution in [2.75, 3.05) is 23.0 Å². The monoisotopic (exact) mass is 290 g/mol. The molecule has 1 aromatic carbocycles. The van der Waals surface area contributed by atoms with Gasteiger partial charge in [-0.2, -0.15) is 11.8 Å². The third-order valence-corrected chi connectivity index (χ3v) is 5.39. The fourth-order valence-electron chi connectivity index (χ4n) is 3.10. The fraction of sp³-hybridized carbons (Fsp3) is 0.562. The molecule has 20 heavy (non-hydrogen) atoms. The first kappa shape index (κ1) is 14.0. The van der Waals surface area contributed by atoms with Gasteiger partial charge in [-0.05, 0) is 43.6 Å². The van der Waals surface area contributed by atoms with Crippen molar-refractivity contribution in [3.05, 3.63) is 29.8 Å². The van der Waals surface area contributed by atoms with Crippen molar-refractivity contribution in [2.45, 2.75) is 38.3 Å². The Kier molecular flexibility index (Phi) is 4.32. The Morgan fingerprint density at radius 2 is 2.30 bits per heavy atom. The first-order valence-electron chi connectivity index (χ1n) is 7.49. The van der Waals surface area contributed by atoms with Gasteiger partial charge in [-0.1, -0.05) is 18.2 Å². The third-order valence-electron chi connectivity index (χ3n) is 4.17. The van der Waals surface area contributed by atoms with Gasteiger partial charge < -0.3 is 10.2 Å². The number of nitrogens with one attached hydrogen (secondary N) is 1. The zero-order valence-electron chi connectivity index (χ0n) is 12.0. The Labute approximate surface area is 125 Å². The number of amides is 1. The molecule has 2 aliphatic heterocycles. The van der Waals surface area contributed by atoms with Gasteiger partial charge in [0.1, 0.15) is 0 Å². The van der Waals surface area contributed by atoms with E-state index in [1.165, 1.54) is 24.2 Å². The number of rotatable bonds is 3. The highest BCUT2D eigenvalue weighted by atomic mass is 32.2. The second-order valence-electron chi connectivity index (χ2n) is 5.67. The molecule has 2 aliphatic rings. The molecule has 0 bridgehead atoms. The summed E-state index contributed by atoms with van der Waals surface area (Å²) >= 11 is 1.99. The van der Waals surface area contributed by atoms with E-state index in [9.17, 15) is 4.79 Å². The van der Waals surface area contributed by atoms with Gasteiger partial charge in [0.25, 0.3) is 0 Å². The Morgan fingerprint density at radius 3 is 3.10 bits per heavy atom. The van der Waals surface area contributed by atoms with Gasteiger partial charge >= 0.3 is 0 Å². The number of anilines is 1. The number of para-hydroxylation sites is 1. The van der Waals surface area contributed by atoms with E-state index in [1.807, 2.05) is 35.7 Å². The van der Waals surface area contributed by atoms with Crippen LogP contribution in [-0.4, -0.2) is 36.0 Å². The Bertz CT molecular complexity index is 485. The molecule has 3 nitrogen and oxygen atoms in total. The smallest absolute Gasteiger partial charge is 0.243 e. The molecule has 2 atom stereocenters. The molecule has 1 fully saturated rings. The SMILES string of the molecule is C[C@H](N[C@@H]1CCCSC1)C(=O)N1CCc2ccccc21. The molecular formula is C16H22N2OS. The minimum atomic E-state index is -0.0927. The summed E-state index contributed by atoms with van der Waals surface area (Å²) in [7, 11) is 0. The molecule has 1 amide bonds. The van der Waals surface area contributed by atoms with Gasteiger partial charge in [-0.25, -0.2) is 0 Å². The second kappa shape index (κ2) is 6.19. The molecule has 0 aromatic heterocycles. The maximum absolute atomic E-state index is 12.6. The maximum Gasteiger partial charge on any atom is 0.243 e. The third kappa shape index (κ3) is 2.86. The van der Waals surface area contributed by atoms with Gasteiger partial charge in [-0.15, -0.1) is 0 Å². The lowest BCUT2D eigenvalue weighted by Crippen LogP contribution is -2.49. The van der Waals surface area contributed by atoms with E-state index in [0.717, 1.165) is 24.4 Å². The zero-order chi connectivity index (χ0) is 13.9. The molecule has 3 rings (SSSR count). The summed E-state index contributed by atoms with van der Waals surface area (Å²) in [4.78, 5) is 14.6. The van der Waals surface area contributed by atoms with Gasteiger partial charge in [0.15, 0.2) is 0 Å². The van der Waals surface area contributed by atoms with Crippen LogP contribution in [-0.2, 0) is 11.2 Å². The topological polar surface area (TPSA) is 32.3 Å². The predicted octanol–water partition coefficient (Wildman–Crippen LogP) is 2.45. The standard InChI is InChI=1S/C16H22N2OS/c1-12(17-14-6-4-10-20-11-14)16(19)18-9-8-13-5-2-3-7-15(13)18/h2-3,5,7,12,14,17H,4,6,8-11H2,1H3/t12-,14+/m0/s1. The van der Waals surface area contributed by atoms with Crippen molar-refractivity contribution in [1.82, 2.24) is 5.32 Å². The van der Waals surface area contributed by atoms with Crippen molar-refractivity contribution in [1.29, 1.82) is 0 Å². The number of fused-ring (bicyclic) bond motifs is 1. The molecule has 0 spiro atoms. The highest BCUT2D eigenvalue weighted by Crippen LogP contribution is 2.28. The summed E-state index contributed by atoms with van der Waals surface area (Å²) in [6, 6.07) is 8.64. The average Bonchev–Trinajstić information content (AvgIpc) is 2.91. The molecule has 0 aliphatic carbocycles. The summed E-state index contributed by atoms with van der Waals surface area (Å²) in [6.45, 7) is 2.83. The molecule has 0 radical (unpaired) electrons. The number of carbonyl (C=O) groups is 1. The van der Waals surface area contributed by atoms with Crippen LogP contribution in [0.25, 0.3) is 0 Å². The molecule has 1 saturated heterocycles.